The van der Waals surface area contributed by atoms with Gasteiger partial charge in [0.1, 0.15) is 0 Å². The fourth-order valence-electron chi connectivity index (χ4n) is 10.7. The lowest BCUT2D eigenvalue weighted by molar-refractivity contribution is 0.768. The van der Waals surface area contributed by atoms with Crippen molar-refractivity contribution < 1.29 is 0 Å². The molecule has 0 atom stereocenters. The molecule has 13 rings (SSSR count). The summed E-state index contributed by atoms with van der Waals surface area (Å²) >= 11 is 0. The van der Waals surface area contributed by atoms with Gasteiger partial charge >= 0.3 is 0 Å². The van der Waals surface area contributed by atoms with Crippen LogP contribution in [-0.2, 0) is 5.41 Å². The highest BCUT2D eigenvalue weighted by Crippen LogP contribution is 2.58. The van der Waals surface area contributed by atoms with Crippen LogP contribution in [-0.4, -0.2) is 19.5 Å². The Morgan fingerprint density at radius 1 is 0.318 bits per heavy atom. The quantitative estimate of drug-likeness (QED) is 0.161. The highest BCUT2D eigenvalue weighted by Gasteiger charge is 2.46. The Balaban J connectivity index is 1.11. The van der Waals surface area contributed by atoms with Crippen LogP contribution in [0.25, 0.3) is 94.7 Å². The number of nitrogens with zero attached hydrogens (tertiary/aromatic N) is 4. The van der Waals surface area contributed by atoms with Crippen LogP contribution in [0.3, 0.4) is 0 Å². The lowest BCUT2D eigenvalue weighted by Crippen LogP contribution is -2.28. The van der Waals surface area contributed by atoms with E-state index in [0.29, 0.717) is 17.5 Å². The minimum Gasteiger partial charge on any atom is -0.309 e. The summed E-state index contributed by atoms with van der Waals surface area (Å²) in [5, 5.41) is 4.75. The molecule has 1 aliphatic rings. The SMILES string of the molecule is c1ccc(-c2nc(-c3ccc4c(c3)c3c5ccccc5ccc3n4-c3ccccc3)nc(-c3cc4c(cc3-c3ccccc3)-c3ccccc3C4(c3ccccc3)c3ccccc3)n2)cc1. The summed E-state index contributed by atoms with van der Waals surface area (Å²) in [5.41, 5.74) is 15.0. The molecule has 0 fully saturated rings. The molecular formula is C62H40N4. The Bertz CT molecular complexity index is 3750. The highest BCUT2D eigenvalue weighted by molar-refractivity contribution is 6.21. The third kappa shape index (κ3) is 5.82. The van der Waals surface area contributed by atoms with Crippen molar-refractivity contribution in [2.45, 2.75) is 5.41 Å². The van der Waals surface area contributed by atoms with Crippen LogP contribution in [0.5, 0.6) is 0 Å². The maximum Gasteiger partial charge on any atom is 0.164 e. The third-order valence-corrected chi connectivity index (χ3v) is 13.5. The molecule has 2 heterocycles. The third-order valence-electron chi connectivity index (χ3n) is 13.5. The number of benzene rings is 10. The van der Waals surface area contributed by atoms with E-state index >= 15 is 0 Å². The topological polar surface area (TPSA) is 43.6 Å². The summed E-state index contributed by atoms with van der Waals surface area (Å²) in [5.74, 6) is 1.85. The maximum absolute atomic E-state index is 5.54. The van der Waals surface area contributed by atoms with Gasteiger partial charge in [-0.05, 0) is 104 Å². The summed E-state index contributed by atoms with van der Waals surface area (Å²) in [7, 11) is 0. The predicted octanol–water partition coefficient (Wildman–Crippen LogP) is 15.2. The van der Waals surface area contributed by atoms with Gasteiger partial charge in [0.05, 0.1) is 16.4 Å². The fraction of sp³-hybridized carbons (Fsp3) is 0.0161. The van der Waals surface area contributed by atoms with Crippen LogP contribution in [0, 0.1) is 0 Å². The standard InChI is InChI=1S/C62H40N4/c1-6-20-41(21-7-1)50-39-51-49-32-18-19-33-54(49)62(45-25-10-3-11-26-45,46-27-12-4-13-28-46)55(51)40-52(50)61-64-59(43-23-8-2-9-24-43)63-60(65-61)44-35-36-56-53(38-44)58-48-31-17-16-22-42(48)34-37-57(58)66(56)47-29-14-5-15-30-47/h1-40H. The molecule has 0 aliphatic heterocycles. The minimum absolute atomic E-state index is 0.600. The van der Waals surface area contributed by atoms with E-state index < -0.39 is 5.41 Å². The van der Waals surface area contributed by atoms with Crippen molar-refractivity contribution >= 4 is 32.6 Å². The molecular weight excluding hydrogens is 801 g/mol. The number of hydrogen-bond donors (Lipinski definition) is 0. The molecule has 2 aromatic heterocycles. The molecule has 4 nitrogen and oxygen atoms in total. The van der Waals surface area contributed by atoms with Crippen molar-refractivity contribution in [3.63, 3.8) is 0 Å². The Morgan fingerprint density at radius 3 is 1.59 bits per heavy atom. The maximum atomic E-state index is 5.54. The first-order valence-electron chi connectivity index (χ1n) is 22.5. The van der Waals surface area contributed by atoms with Gasteiger partial charge in [-0.3, -0.25) is 0 Å². The Kier molecular flexibility index (Phi) is 8.72. The van der Waals surface area contributed by atoms with Crippen molar-refractivity contribution in [3.8, 4) is 62.1 Å². The smallest absolute Gasteiger partial charge is 0.164 e. The first-order chi connectivity index (χ1) is 32.7. The van der Waals surface area contributed by atoms with Crippen molar-refractivity contribution in [3.05, 3.63) is 265 Å². The first-order valence-corrected chi connectivity index (χ1v) is 22.5. The molecule has 66 heavy (non-hydrogen) atoms. The fourth-order valence-corrected chi connectivity index (χ4v) is 10.7. The molecule has 0 N–H and O–H groups in total. The molecule has 0 saturated carbocycles. The first kappa shape index (κ1) is 37.8. The van der Waals surface area contributed by atoms with E-state index in [1.165, 1.54) is 49.5 Å². The number of fused-ring (bicyclic) bond motifs is 8. The molecule has 308 valence electrons. The molecule has 12 aromatic rings. The van der Waals surface area contributed by atoms with Crippen LogP contribution in [0.4, 0.5) is 0 Å². The summed E-state index contributed by atoms with van der Waals surface area (Å²) in [6.07, 6.45) is 0. The van der Waals surface area contributed by atoms with Crippen LogP contribution >= 0.6 is 0 Å². The molecule has 0 saturated heterocycles. The van der Waals surface area contributed by atoms with Gasteiger partial charge in [0, 0.05) is 33.2 Å². The van der Waals surface area contributed by atoms with E-state index in [4.69, 9.17) is 15.0 Å². The van der Waals surface area contributed by atoms with Crippen LogP contribution in [0.2, 0.25) is 0 Å². The second kappa shape index (κ2) is 15.2. The van der Waals surface area contributed by atoms with Crippen LogP contribution in [0.15, 0.2) is 243 Å². The summed E-state index contributed by atoms with van der Waals surface area (Å²) in [6.45, 7) is 0. The lowest BCUT2D eigenvalue weighted by atomic mass is 9.67. The van der Waals surface area contributed by atoms with E-state index in [-0.39, 0.29) is 0 Å². The van der Waals surface area contributed by atoms with E-state index in [1.807, 2.05) is 18.2 Å². The minimum atomic E-state index is -0.600. The summed E-state index contributed by atoms with van der Waals surface area (Å²) in [4.78, 5) is 16.3. The molecule has 0 unspecified atom stereocenters. The second-order valence-corrected chi connectivity index (χ2v) is 17.1. The number of hydrogen-bond acceptors (Lipinski definition) is 3. The number of para-hydroxylation sites is 1. The van der Waals surface area contributed by atoms with E-state index in [2.05, 4.69) is 229 Å². The largest absolute Gasteiger partial charge is 0.309 e. The van der Waals surface area contributed by atoms with Gasteiger partial charge in [-0.15, -0.1) is 0 Å². The van der Waals surface area contributed by atoms with E-state index in [0.717, 1.165) is 49.9 Å². The van der Waals surface area contributed by atoms with Gasteiger partial charge in [-0.1, -0.05) is 194 Å². The Hall–Kier alpha value is -8.73. The van der Waals surface area contributed by atoms with Crippen molar-refractivity contribution in [1.82, 2.24) is 19.5 Å². The van der Waals surface area contributed by atoms with Gasteiger partial charge in [0.2, 0.25) is 0 Å². The average molecular weight is 841 g/mol. The zero-order valence-electron chi connectivity index (χ0n) is 35.9. The number of aromatic nitrogens is 4. The normalized spacial score (nSPS) is 12.7. The molecule has 10 aromatic carbocycles. The monoisotopic (exact) mass is 840 g/mol. The molecule has 1 aliphatic carbocycles. The van der Waals surface area contributed by atoms with Crippen molar-refractivity contribution in [2.75, 3.05) is 0 Å². The molecule has 0 amide bonds. The van der Waals surface area contributed by atoms with Crippen molar-refractivity contribution in [1.29, 1.82) is 0 Å². The van der Waals surface area contributed by atoms with Gasteiger partial charge in [0.15, 0.2) is 17.5 Å². The summed E-state index contributed by atoms with van der Waals surface area (Å²) < 4.78 is 2.37. The average Bonchev–Trinajstić information content (AvgIpc) is 3.90. The van der Waals surface area contributed by atoms with Crippen LogP contribution in [0.1, 0.15) is 22.3 Å². The zero-order chi connectivity index (χ0) is 43.6. The van der Waals surface area contributed by atoms with Crippen molar-refractivity contribution in [2.24, 2.45) is 0 Å². The zero-order valence-corrected chi connectivity index (χ0v) is 35.9. The summed E-state index contributed by atoms with van der Waals surface area (Å²) in [6, 6.07) is 87.0. The van der Waals surface area contributed by atoms with E-state index in [1.54, 1.807) is 0 Å². The Labute approximate surface area is 382 Å². The molecule has 0 spiro atoms. The van der Waals surface area contributed by atoms with Gasteiger partial charge < -0.3 is 4.57 Å². The lowest BCUT2D eigenvalue weighted by Gasteiger charge is -2.34. The van der Waals surface area contributed by atoms with Crippen LogP contribution < -0.4 is 0 Å². The Morgan fingerprint density at radius 2 is 0.879 bits per heavy atom. The second-order valence-electron chi connectivity index (χ2n) is 17.1. The predicted molar refractivity (Wildman–Crippen MR) is 271 cm³/mol. The van der Waals surface area contributed by atoms with Gasteiger partial charge in [0.25, 0.3) is 0 Å². The molecule has 4 heteroatoms. The van der Waals surface area contributed by atoms with E-state index in [9.17, 15) is 0 Å². The number of rotatable bonds is 7. The van der Waals surface area contributed by atoms with Gasteiger partial charge in [-0.2, -0.15) is 0 Å². The van der Waals surface area contributed by atoms with Gasteiger partial charge in [-0.25, -0.2) is 15.0 Å². The molecule has 0 bridgehead atoms. The highest BCUT2D eigenvalue weighted by atomic mass is 15.0. The molecule has 0 radical (unpaired) electrons.